The van der Waals surface area contributed by atoms with Gasteiger partial charge in [-0.15, -0.1) is 0 Å². The largest absolute Gasteiger partial charge is 0.300 e. The van der Waals surface area contributed by atoms with Crippen molar-refractivity contribution < 1.29 is 0 Å². The summed E-state index contributed by atoms with van der Waals surface area (Å²) in [6.45, 7) is 5.11. The number of piperidine rings is 1. The van der Waals surface area contributed by atoms with Gasteiger partial charge in [0.25, 0.3) is 0 Å². The first-order valence-electron chi connectivity index (χ1n) is 7.14. The van der Waals surface area contributed by atoms with E-state index in [1.165, 1.54) is 70.9 Å². The van der Waals surface area contributed by atoms with Gasteiger partial charge in [0.05, 0.1) is 0 Å². The second-order valence-corrected chi connectivity index (χ2v) is 5.56. The van der Waals surface area contributed by atoms with Crippen LogP contribution >= 0.6 is 0 Å². The standard InChI is InChI=1S/C14H27N/c1-2-6-13-7-9-14(10-8-13)15-11-4-3-5-12-15/h13-14H,2-12H2,1H3. The third-order valence-corrected chi connectivity index (χ3v) is 4.42. The number of nitrogens with zero attached hydrogens (tertiary/aromatic N) is 1. The van der Waals surface area contributed by atoms with Gasteiger partial charge < -0.3 is 4.90 Å². The fourth-order valence-corrected chi connectivity index (χ4v) is 3.49. The quantitative estimate of drug-likeness (QED) is 0.683. The minimum atomic E-state index is 0.957. The van der Waals surface area contributed by atoms with E-state index in [2.05, 4.69) is 11.8 Å². The number of likely N-dealkylation sites (tertiary alicyclic amines) is 1. The molecule has 1 heterocycles. The molecule has 0 N–H and O–H groups in total. The second kappa shape index (κ2) is 5.89. The maximum atomic E-state index is 2.78. The molecular weight excluding hydrogens is 182 g/mol. The zero-order valence-electron chi connectivity index (χ0n) is 10.4. The van der Waals surface area contributed by atoms with Gasteiger partial charge in [-0.2, -0.15) is 0 Å². The zero-order chi connectivity index (χ0) is 10.5. The van der Waals surface area contributed by atoms with E-state index < -0.39 is 0 Å². The number of hydrogen-bond acceptors (Lipinski definition) is 1. The predicted molar refractivity (Wildman–Crippen MR) is 66.1 cm³/mol. The van der Waals surface area contributed by atoms with Crippen LogP contribution in [0.5, 0.6) is 0 Å². The van der Waals surface area contributed by atoms with Gasteiger partial charge in [-0.3, -0.25) is 0 Å². The average Bonchev–Trinajstić information content (AvgIpc) is 2.32. The lowest BCUT2D eigenvalue weighted by molar-refractivity contribution is 0.113. The molecular formula is C14H27N. The van der Waals surface area contributed by atoms with Crippen LogP contribution in [0.3, 0.4) is 0 Å². The summed E-state index contributed by atoms with van der Waals surface area (Å²) < 4.78 is 0. The van der Waals surface area contributed by atoms with E-state index in [4.69, 9.17) is 0 Å². The summed E-state index contributed by atoms with van der Waals surface area (Å²) in [5, 5.41) is 0. The molecule has 1 heteroatoms. The molecule has 0 bridgehead atoms. The van der Waals surface area contributed by atoms with Gasteiger partial charge >= 0.3 is 0 Å². The van der Waals surface area contributed by atoms with Crippen molar-refractivity contribution in [1.82, 2.24) is 4.90 Å². The molecule has 2 fully saturated rings. The Bertz CT molecular complexity index is 164. The maximum Gasteiger partial charge on any atom is 0.00954 e. The zero-order valence-corrected chi connectivity index (χ0v) is 10.4. The van der Waals surface area contributed by atoms with Gasteiger partial charge in [0.15, 0.2) is 0 Å². The van der Waals surface area contributed by atoms with Crippen molar-refractivity contribution in [2.24, 2.45) is 5.92 Å². The van der Waals surface area contributed by atoms with Crippen molar-refractivity contribution in [3.05, 3.63) is 0 Å². The molecule has 0 atom stereocenters. The first-order chi connectivity index (χ1) is 7.40. The van der Waals surface area contributed by atoms with Crippen LogP contribution in [-0.2, 0) is 0 Å². The lowest BCUT2D eigenvalue weighted by atomic mass is 9.82. The first-order valence-corrected chi connectivity index (χ1v) is 7.14. The van der Waals surface area contributed by atoms with Crippen LogP contribution in [0.1, 0.15) is 64.7 Å². The molecule has 1 saturated heterocycles. The van der Waals surface area contributed by atoms with E-state index in [1.807, 2.05) is 0 Å². The molecule has 0 aromatic rings. The molecule has 0 spiro atoms. The van der Waals surface area contributed by atoms with Gasteiger partial charge in [-0.1, -0.05) is 26.2 Å². The Morgan fingerprint density at radius 2 is 1.60 bits per heavy atom. The second-order valence-electron chi connectivity index (χ2n) is 5.56. The molecule has 1 nitrogen and oxygen atoms in total. The van der Waals surface area contributed by atoms with Crippen molar-refractivity contribution in [3.63, 3.8) is 0 Å². The monoisotopic (exact) mass is 209 g/mol. The van der Waals surface area contributed by atoms with E-state index >= 15 is 0 Å². The third kappa shape index (κ3) is 3.21. The van der Waals surface area contributed by atoms with E-state index in [9.17, 15) is 0 Å². The fourth-order valence-electron chi connectivity index (χ4n) is 3.49. The summed E-state index contributed by atoms with van der Waals surface area (Å²) in [6, 6.07) is 0.957. The van der Waals surface area contributed by atoms with Crippen molar-refractivity contribution in [3.8, 4) is 0 Å². The summed E-state index contributed by atoms with van der Waals surface area (Å²) >= 11 is 0. The first kappa shape index (κ1) is 11.4. The highest BCUT2D eigenvalue weighted by atomic mass is 15.2. The lowest BCUT2D eigenvalue weighted by Crippen LogP contribution is -2.41. The molecule has 88 valence electrons. The van der Waals surface area contributed by atoms with E-state index in [0.717, 1.165) is 12.0 Å². The van der Waals surface area contributed by atoms with Crippen LogP contribution in [0.25, 0.3) is 0 Å². The molecule has 1 aliphatic carbocycles. The Labute approximate surface area is 95.2 Å². The molecule has 1 aliphatic heterocycles. The smallest absolute Gasteiger partial charge is 0.00954 e. The molecule has 0 aromatic carbocycles. The molecule has 0 amide bonds. The fraction of sp³-hybridized carbons (Fsp3) is 1.00. The minimum absolute atomic E-state index is 0.957. The number of hydrogen-bond donors (Lipinski definition) is 0. The molecule has 1 saturated carbocycles. The van der Waals surface area contributed by atoms with Crippen molar-refractivity contribution >= 4 is 0 Å². The molecule has 2 rings (SSSR count). The predicted octanol–water partition coefficient (Wildman–Crippen LogP) is 3.83. The topological polar surface area (TPSA) is 3.24 Å². The van der Waals surface area contributed by atoms with Gasteiger partial charge in [-0.05, 0) is 57.5 Å². The van der Waals surface area contributed by atoms with Crippen molar-refractivity contribution in [2.75, 3.05) is 13.1 Å². The lowest BCUT2D eigenvalue weighted by Gasteiger charge is -2.38. The summed E-state index contributed by atoms with van der Waals surface area (Å²) in [7, 11) is 0. The average molecular weight is 209 g/mol. The van der Waals surface area contributed by atoms with Crippen LogP contribution in [0.4, 0.5) is 0 Å². The van der Waals surface area contributed by atoms with Crippen molar-refractivity contribution in [2.45, 2.75) is 70.8 Å². The maximum absolute atomic E-state index is 2.78. The Morgan fingerprint density at radius 3 is 2.20 bits per heavy atom. The Kier molecular flexibility index (Phi) is 4.49. The normalized spacial score (nSPS) is 34.2. The summed E-state index contributed by atoms with van der Waals surface area (Å²) in [6.07, 6.45) is 13.2. The van der Waals surface area contributed by atoms with Crippen LogP contribution in [-0.4, -0.2) is 24.0 Å². The molecule has 0 aromatic heterocycles. The summed E-state index contributed by atoms with van der Waals surface area (Å²) in [5.74, 6) is 1.07. The Balaban J connectivity index is 1.72. The molecule has 15 heavy (non-hydrogen) atoms. The van der Waals surface area contributed by atoms with Gasteiger partial charge in [-0.25, -0.2) is 0 Å². The Morgan fingerprint density at radius 1 is 0.933 bits per heavy atom. The van der Waals surface area contributed by atoms with Crippen molar-refractivity contribution in [1.29, 1.82) is 0 Å². The molecule has 2 aliphatic rings. The van der Waals surface area contributed by atoms with Crippen LogP contribution < -0.4 is 0 Å². The third-order valence-electron chi connectivity index (χ3n) is 4.42. The highest BCUT2D eigenvalue weighted by Crippen LogP contribution is 2.31. The van der Waals surface area contributed by atoms with Gasteiger partial charge in [0.1, 0.15) is 0 Å². The van der Waals surface area contributed by atoms with Crippen LogP contribution in [0.15, 0.2) is 0 Å². The summed E-state index contributed by atoms with van der Waals surface area (Å²) in [4.78, 5) is 2.78. The van der Waals surface area contributed by atoms with Gasteiger partial charge in [0, 0.05) is 6.04 Å². The molecule has 0 unspecified atom stereocenters. The van der Waals surface area contributed by atoms with Crippen LogP contribution in [0.2, 0.25) is 0 Å². The highest BCUT2D eigenvalue weighted by Gasteiger charge is 2.25. The van der Waals surface area contributed by atoms with E-state index in [-0.39, 0.29) is 0 Å². The highest BCUT2D eigenvalue weighted by molar-refractivity contribution is 4.81. The van der Waals surface area contributed by atoms with Crippen LogP contribution in [0, 0.1) is 5.92 Å². The SMILES string of the molecule is CCCC1CCC(N2CCCCC2)CC1. The minimum Gasteiger partial charge on any atom is -0.300 e. The molecule has 0 radical (unpaired) electrons. The summed E-state index contributed by atoms with van der Waals surface area (Å²) in [5.41, 5.74) is 0. The Hall–Kier alpha value is -0.0400. The number of rotatable bonds is 3. The van der Waals surface area contributed by atoms with E-state index in [1.54, 1.807) is 0 Å². The van der Waals surface area contributed by atoms with Gasteiger partial charge in [0.2, 0.25) is 0 Å². The van der Waals surface area contributed by atoms with E-state index in [0.29, 0.717) is 0 Å².